The van der Waals surface area contributed by atoms with Crippen molar-refractivity contribution >= 4 is 11.6 Å². The van der Waals surface area contributed by atoms with E-state index in [4.69, 9.17) is 26.9 Å². The predicted molar refractivity (Wildman–Crippen MR) is 71.7 cm³/mol. The van der Waals surface area contributed by atoms with Crippen LogP contribution in [0, 0.1) is 22.7 Å². The Balaban J connectivity index is 2.06. The summed E-state index contributed by atoms with van der Waals surface area (Å²) in [5, 5.41) is 17.8. The molecule has 19 heavy (non-hydrogen) atoms. The minimum Gasteiger partial charge on any atom is -0.487 e. The van der Waals surface area contributed by atoms with Crippen LogP contribution in [0.5, 0.6) is 5.75 Å². The molecule has 0 bridgehead atoms. The average Bonchev–Trinajstić information content (AvgIpc) is 2.46. The number of ether oxygens (including phenoxy) is 1. The number of halogens is 1. The highest BCUT2D eigenvalue weighted by atomic mass is 35.5. The molecule has 0 saturated heterocycles. The van der Waals surface area contributed by atoms with Gasteiger partial charge in [-0.05, 0) is 35.9 Å². The average molecular weight is 269 g/mol. The normalized spacial score (nSPS) is 9.42. The smallest absolute Gasteiger partial charge is 0.138 e. The van der Waals surface area contributed by atoms with E-state index in [2.05, 4.69) is 6.07 Å². The van der Waals surface area contributed by atoms with Crippen molar-refractivity contribution in [3.05, 3.63) is 64.2 Å². The highest BCUT2D eigenvalue weighted by Gasteiger charge is 2.03. The molecule has 0 saturated carbocycles. The van der Waals surface area contributed by atoms with Crippen LogP contribution in [0.25, 0.3) is 0 Å². The number of hydrogen-bond acceptors (Lipinski definition) is 3. The van der Waals surface area contributed by atoms with Gasteiger partial charge in [0, 0.05) is 0 Å². The van der Waals surface area contributed by atoms with Crippen molar-refractivity contribution in [2.45, 2.75) is 6.61 Å². The third-order valence-electron chi connectivity index (χ3n) is 2.54. The Morgan fingerprint density at radius 1 is 0.947 bits per heavy atom. The van der Waals surface area contributed by atoms with Gasteiger partial charge in [-0.15, -0.1) is 0 Å². The molecule has 3 nitrogen and oxygen atoms in total. The highest BCUT2D eigenvalue weighted by molar-refractivity contribution is 6.32. The molecule has 0 aliphatic carbocycles. The van der Waals surface area contributed by atoms with Crippen LogP contribution in [0.1, 0.15) is 16.7 Å². The first-order chi connectivity index (χ1) is 9.22. The molecule has 2 aromatic carbocycles. The molecule has 0 spiro atoms. The standard InChI is InChI=1S/C15H9ClN2O/c16-14-7-13(9-18)5-6-15(14)19-10-12-3-1-11(8-17)2-4-12/h1-7H,10H2. The molecule has 0 amide bonds. The molecule has 0 unspecified atom stereocenters. The van der Waals surface area contributed by atoms with Gasteiger partial charge in [-0.25, -0.2) is 0 Å². The second-order valence-corrected chi connectivity index (χ2v) is 4.26. The molecule has 0 heterocycles. The van der Waals surface area contributed by atoms with Gasteiger partial charge in [-0.3, -0.25) is 0 Å². The molecule has 0 aromatic heterocycles. The predicted octanol–water partition coefficient (Wildman–Crippen LogP) is 3.66. The lowest BCUT2D eigenvalue weighted by molar-refractivity contribution is 0.306. The van der Waals surface area contributed by atoms with Gasteiger partial charge < -0.3 is 4.74 Å². The second-order valence-electron chi connectivity index (χ2n) is 3.85. The van der Waals surface area contributed by atoms with Gasteiger partial charge in [0.15, 0.2) is 0 Å². The highest BCUT2D eigenvalue weighted by Crippen LogP contribution is 2.26. The van der Waals surface area contributed by atoms with E-state index < -0.39 is 0 Å². The summed E-state index contributed by atoms with van der Waals surface area (Å²) in [5.41, 5.74) is 2.05. The molecule has 0 atom stereocenters. The summed E-state index contributed by atoms with van der Waals surface area (Å²) in [6.07, 6.45) is 0. The van der Waals surface area contributed by atoms with Gasteiger partial charge in [-0.1, -0.05) is 23.7 Å². The molecule has 0 fully saturated rings. The van der Waals surface area contributed by atoms with Crippen molar-refractivity contribution in [1.29, 1.82) is 10.5 Å². The lowest BCUT2D eigenvalue weighted by Crippen LogP contribution is -1.96. The number of nitrogens with zero attached hydrogens (tertiary/aromatic N) is 2. The van der Waals surface area contributed by atoms with Crippen molar-refractivity contribution < 1.29 is 4.74 Å². The third kappa shape index (κ3) is 3.25. The number of benzene rings is 2. The Morgan fingerprint density at radius 2 is 1.58 bits per heavy atom. The van der Waals surface area contributed by atoms with E-state index in [0.29, 0.717) is 28.5 Å². The van der Waals surface area contributed by atoms with Crippen LogP contribution in [0.4, 0.5) is 0 Å². The number of nitriles is 2. The zero-order valence-electron chi connectivity index (χ0n) is 9.93. The Kier molecular flexibility index (Phi) is 4.03. The SMILES string of the molecule is N#Cc1ccc(COc2ccc(C#N)cc2Cl)cc1. The van der Waals surface area contributed by atoms with Crippen LogP contribution in [0.3, 0.4) is 0 Å². The van der Waals surface area contributed by atoms with Gasteiger partial charge in [0.05, 0.1) is 28.3 Å². The first-order valence-corrected chi connectivity index (χ1v) is 5.92. The molecular weight excluding hydrogens is 260 g/mol. The van der Waals surface area contributed by atoms with Crippen molar-refractivity contribution in [2.24, 2.45) is 0 Å². The van der Waals surface area contributed by atoms with Gasteiger partial charge >= 0.3 is 0 Å². The first-order valence-electron chi connectivity index (χ1n) is 5.54. The summed E-state index contributed by atoms with van der Waals surface area (Å²) in [4.78, 5) is 0. The summed E-state index contributed by atoms with van der Waals surface area (Å²) in [6.45, 7) is 0.358. The van der Waals surface area contributed by atoms with E-state index >= 15 is 0 Å². The Hall–Kier alpha value is -2.49. The topological polar surface area (TPSA) is 56.8 Å². The summed E-state index contributed by atoms with van der Waals surface area (Å²) in [5.74, 6) is 0.532. The molecule has 0 radical (unpaired) electrons. The molecule has 0 aliphatic heterocycles. The fraction of sp³-hybridized carbons (Fsp3) is 0.0667. The Bertz CT molecular complexity index is 666. The van der Waals surface area contributed by atoms with Crippen LogP contribution in [0.2, 0.25) is 5.02 Å². The van der Waals surface area contributed by atoms with Crippen molar-refractivity contribution in [3.8, 4) is 17.9 Å². The van der Waals surface area contributed by atoms with E-state index in [1.54, 1.807) is 30.3 Å². The molecule has 92 valence electrons. The Morgan fingerprint density at radius 3 is 2.16 bits per heavy atom. The summed E-state index contributed by atoms with van der Waals surface area (Å²) in [6, 6.07) is 16.1. The molecule has 4 heteroatoms. The van der Waals surface area contributed by atoms with E-state index in [1.807, 2.05) is 18.2 Å². The lowest BCUT2D eigenvalue weighted by Gasteiger charge is -2.08. The van der Waals surface area contributed by atoms with E-state index in [9.17, 15) is 0 Å². The minimum absolute atomic E-state index is 0.358. The zero-order valence-corrected chi connectivity index (χ0v) is 10.7. The quantitative estimate of drug-likeness (QED) is 0.853. The second kappa shape index (κ2) is 5.91. The largest absolute Gasteiger partial charge is 0.487 e. The summed E-state index contributed by atoms with van der Waals surface area (Å²) < 4.78 is 5.57. The lowest BCUT2D eigenvalue weighted by atomic mass is 10.1. The fourth-order valence-electron chi connectivity index (χ4n) is 1.52. The maximum Gasteiger partial charge on any atom is 0.138 e. The van der Waals surface area contributed by atoms with Gasteiger partial charge in [0.2, 0.25) is 0 Å². The van der Waals surface area contributed by atoms with E-state index in [0.717, 1.165) is 5.56 Å². The monoisotopic (exact) mass is 268 g/mol. The molecule has 2 rings (SSSR count). The van der Waals surface area contributed by atoms with Gasteiger partial charge in [-0.2, -0.15) is 10.5 Å². The van der Waals surface area contributed by atoms with E-state index in [1.165, 1.54) is 0 Å². The minimum atomic E-state index is 0.358. The van der Waals surface area contributed by atoms with Crippen LogP contribution < -0.4 is 4.74 Å². The first kappa shape index (κ1) is 13.0. The van der Waals surface area contributed by atoms with Crippen LogP contribution >= 0.6 is 11.6 Å². The summed E-state index contributed by atoms with van der Waals surface area (Å²) in [7, 11) is 0. The molecule has 2 aromatic rings. The van der Waals surface area contributed by atoms with Crippen molar-refractivity contribution in [3.63, 3.8) is 0 Å². The molecular formula is C15H9ClN2O. The van der Waals surface area contributed by atoms with Gasteiger partial charge in [0.25, 0.3) is 0 Å². The van der Waals surface area contributed by atoms with Crippen LogP contribution in [-0.4, -0.2) is 0 Å². The van der Waals surface area contributed by atoms with Gasteiger partial charge in [0.1, 0.15) is 12.4 Å². The fourth-order valence-corrected chi connectivity index (χ4v) is 1.76. The molecule has 0 N–H and O–H groups in total. The number of rotatable bonds is 3. The van der Waals surface area contributed by atoms with Crippen LogP contribution in [0.15, 0.2) is 42.5 Å². The molecule has 0 aliphatic rings. The van der Waals surface area contributed by atoms with E-state index in [-0.39, 0.29) is 0 Å². The Labute approximate surface area is 116 Å². The van der Waals surface area contributed by atoms with Crippen molar-refractivity contribution in [2.75, 3.05) is 0 Å². The van der Waals surface area contributed by atoms with Crippen LogP contribution in [-0.2, 0) is 6.61 Å². The maximum atomic E-state index is 8.73. The van der Waals surface area contributed by atoms with Crippen molar-refractivity contribution in [1.82, 2.24) is 0 Å². The third-order valence-corrected chi connectivity index (χ3v) is 2.83. The number of hydrogen-bond donors (Lipinski definition) is 0. The summed E-state index contributed by atoms with van der Waals surface area (Å²) >= 11 is 6.00. The maximum absolute atomic E-state index is 8.73. The zero-order chi connectivity index (χ0) is 13.7.